The number of ether oxygens (including phenoxy) is 2. The lowest BCUT2D eigenvalue weighted by molar-refractivity contribution is -0.309. The maximum absolute atomic E-state index is 13.5. The van der Waals surface area contributed by atoms with Crippen molar-refractivity contribution >= 4 is 48.1 Å². The zero-order valence-corrected chi connectivity index (χ0v) is 24.0. The number of amides is 4. The first-order valence-electron chi connectivity index (χ1n) is 13.4. The molecule has 1 aliphatic carbocycles. The van der Waals surface area contributed by atoms with E-state index in [2.05, 4.69) is 25.6 Å². The highest BCUT2D eigenvalue weighted by atomic mass is 16.7. The molecule has 1 aliphatic rings. The Bertz CT molecular complexity index is 1390. The summed E-state index contributed by atoms with van der Waals surface area (Å²) in [5, 5.41) is 5.06. The number of esters is 1. The van der Waals surface area contributed by atoms with Crippen molar-refractivity contribution in [3.63, 3.8) is 0 Å². The van der Waals surface area contributed by atoms with E-state index in [1.54, 1.807) is 25.1 Å². The van der Waals surface area contributed by atoms with Crippen LogP contribution in [-0.4, -0.2) is 77.8 Å². The summed E-state index contributed by atoms with van der Waals surface area (Å²) in [6.45, 7) is 6.73. The smallest absolute Gasteiger partial charge is 0.419 e. The fourth-order valence-electron chi connectivity index (χ4n) is 3.90. The van der Waals surface area contributed by atoms with Crippen molar-refractivity contribution in [3.05, 3.63) is 52.3 Å². The number of amidine groups is 1. The largest absolute Gasteiger partial charge is 0.426 e. The van der Waals surface area contributed by atoms with Crippen molar-refractivity contribution in [2.24, 2.45) is 10.7 Å². The van der Waals surface area contributed by atoms with E-state index in [-0.39, 0.29) is 23.3 Å². The molecule has 1 saturated carbocycles. The van der Waals surface area contributed by atoms with E-state index in [0.29, 0.717) is 48.3 Å². The monoisotopic (exact) mass is 582 g/mol. The Morgan fingerprint density at radius 1 is 1.24 bits per heavy atom. The number of aliphatic imine (C=N–C) groups is 1. The van der Waals surface area contributed by atoms with Gasteiger partial charge in [-0.2, -0.15) is 0 Å². The van der Waals surface area contributed by atoms with Crippen molar-refractivity contribution in [1.82, 2.24) is 20.5 Å². The first-order chi connectivity index (χ1) is 20.1. The molecule has 224 valence electrons. The van der Waals surface area contributed by atoms with Gasteiger partial charge >= 0.3 is 12.1 Å². The molecule has 1 heterocycles. The van der Waals surface area contributed by atoms with E-state index in [9.17, 15) is 24.0 Å². The van der Waals surface area contributed by atoms with Crippen LogP contribution in [0.1, 0.15) is 70.6 Å². The predicted octanol–water partition coefficient (Wildman–Crippen LogP) is 0.294. The second kappa shape index (κ2) is 14.6. The number of aromatic nitrogens is 1. The number of carbonyl (C=O) groups excluding carboxylic acids is 5. The number of hydrogen-bond donors (Lipinski definition) is 5. The van der Waals surface area contributed by atoms with Crippen LogP contribution in [0.25, 0.3) is 0 Å². The number of nitrogens with one attached hydrogen (secondary N) is 4. The third kappa shape index (κ3) is 7.80. The molecule has 3 rings (SSSR count). The normalized spacial score (nSPS) is 13.8. The molecule has 1 fully saturated rings. The third-order valence-electron chi connectivity index (χ3n) is 6.45. The highest BCUT2D eigenvalue weighted by molar-refractivity contribution is 6.07. The van der Waals surface area contributed by atoms with Gasteiger partial charge in [0.2, 0.25) is 13.2 Å². The average Bonchev–Trinajstić information content (AvgIpc) is 3.72. The Labute approximate surface area is 242 Å². The van der Waals surface area contributed by atoms with Crippen LogP contribution < -0.4 is 21.4 Å². The molecule has 14 nitrogen and oxygen atoms in total. The van der Waals surface area contributed by atoms with E-state index >= 15 is 0 Å². The maximum Gasteiger partial charge on any atom is 0.419 e. The van der Waals surface area contributed by atoms with Gasteiger partial charge in [-0.1, -0.05) is 13.0 Å². The fourth-order valence-corrected chi connectivity index (χ4v) is 3.90. The fraction of sp³-hybridized carbons (Fsp3) is 0.393. The molecule has 1 aromatic heterocycles. The molecule has 0 unspecified atom stereocenters. The quantitative estimate of drug-likeness (QED) is 0.0773. The first kappa shape index (κ1) is 31.5. The Kier molecular flexibility index (Phi) is 10.9. The van der Waals surface area contributed by atoms with Crippen LogP contribution in [-0.2, 0) is 19.1 Å². The summed E-state index contributed by atoms with van der Waals surface area (Å²) in [5.41, 5.74) is 8.55. The van der Waals surface area contributed by atoms with Crippen LogP contribution in [0.2, 0.25) is 0 Å². The number of imide groups is 1. The van der Waals surface area contributed by atoms with Gasteiger partial charge in [0, 0.05) is 24.3 Å². The summed E-state index contributed by atoms with van der Waals surface area (Å²) in [6.07, 6.45) is 4.04. The van der Waals surface area contributed by atoms with Gasteiger partial charge in [-0.25, -0.2) is 19.5 Å². The minimum Gasteiger partial charge on any atom is -0.426 e. The van der Waals surface area contributed by atoms with Gasteiger partial charge in [0.25, 0.3) is 17.6 Å². The molecule has 0 bridgehead atoms. The van der Waals surface area contributed by atoms with Gasteiger partial charge < -0.3 is 30.8 Å². The first-order valence-corrected chi connectivity index (χ1v) is 13.4. The number of aromatic amines is 1. The molecule has 0 spiro atoms. The number of benzene rings is 1. The molecule has 6 N–H and O–H groups in total. The number of nitrogens with two attached hydrogens (primary N) is 1. The maximum atomic E-state index is 13.5. The molecule has 2 aromatic rings. The van der Waals surface area contributed by atoms with E-state index in [4.69, 9.17) is 15.2 Å². The van der Waals surface area contributed by atoms with Crippen LogP contribution >= 0.6 is 0 Å². The Hall–Kier alpha value is -5.01. The van der Waals surface area contributed by atoms with E-state index in [1.165, 1.54) is 19.5 Å². The van der Waals surface area contributed by atoms with Gasteiger partial charge in [-0.3, -0.25) is 14.4 Å². The third-order valence-corrected chi connectivity index (χ3v) is 6.45. The Balaban J connectivity index is 1.83. The minimum atomic E-state index is -0.968. The highest BCUT2D eigenvalue weighted by Crippen LogP contribution is 2.30. The predicted molar refractivity (Wildman–Crippen MR) is 152 cm³/mol. The molecular weight excluding hydrogens is 546 g/mol. The standard InChI is InChI=1S/C28H35N7O7/c1-5-10-30-25(37)19-7-6-16(2)22(11-19)34-24(32-13-29)23-17(3)21(12-31-23)26(38)35(20-8-9-20)28(40)42-15-41-27(39)18(4)33-14-36/h6-7,11-14,18,20,31H,5,8-10,15H2,1-4H3,(H,30,37)(H,33,36)(H2,29,32,34)/p+1/t18-/m0/s1. The molecule has 1 aromatic carbocycles. The molecule has 4 amide bonds. The van der Waals surface area contributed by atoms with Crippen molar-refractivity contribution in [3.8, 4) is 0 Å². The molecule has 0 aliphatic heterocycles. The SMILES string of the molecule is CCCNC(=O)c1ccc(C)c(N=C([NH+]=CN)c2[nH]cc(C(=O)N(C(=O)OCOC(=O)[C@H](C)NC=O)C3CC3)c2C)c1. The summed E-state index contributed by atoms with van der Waals surface area (Å²) >= 11 is 0. The number of carbonyl (C=O) groups is 5. The molecule has 0 radical (unpaired) electrons. The summed E-state index contributed by atoms with van der Waals surface area (Å²) in [7, 11) is 0. The lowest BCUT2D eigenvalue weighted by Gasteiger charge is -2.20. The number of hydrogen-bond acceptors (Lipinski definition) is 8. The lowest BCUT2D eigenvalue weighted by atomic mass is 10.1. The molecule has 0 saturated heterocycles. The zero-order chi connectivity index (χ0) is 30.8. The second-order valence-electron chi connectivity index (χ2n) is 9.63. The number of H-pyrrole nitrogens is 1. The van der Waals surface area contributed by atoms with E-state index in [1.807, 2.05) is 13.8 Å². The van der Waals surface area contributed by atoms with Crippen LogP contribution in [0.15, 0.2) is 29.4 Å². The Morgan fingerprint density at radius 3 is 2.62 bits per heavy atom. The number of rotatable bonds is 12. The van der Waals surface area contributed by atoms with Crippen LogP contribution in [0, 0.1) is 13.8 Å². The van der Waals surface area contributed by atoms with Crippen LogP contribution in [0.3, 0.4) is 0 Å². The zero-order valence-electron chi connectivity index (χ0n) is 24.0. The lowest BCUT2D eigenvalue weighted by Crippen LogP contribution is -2.75. The van der Waals surface area contributed by atoms with Gasteiger partial charge in [0.1, 0.15) is 17.4 Å². The van der Waals surface area contributed by atoms with E-state index in [0.717, 1.165) is 16.9 Å². The van der Waals surface area contributed by atoms with Crippen molar-refractivity contribution in [2.75, 3.05) is 13.3 Å². The average molecular weight is 583 g/mol. The summed E-state index contributed by atoms with van der Waals surface area (Å²) in [6, 6.07) is 3.88. The van der Waals surface area contributed by atoms with Gasteiger partial charge in [-0.05, 0) is 63.3 Å². The second-order valence-corrected chi connectivity index (χ2v) is 9.63. The van der Waals surface area contributed by atoms with Gasteiger partial charge in [0.15, 0.2) is 6.34 Å². The van der Waals surface area contributed by atoms with Gasteiger partial charge in [-0.15, -0.1) is 4.99 Å². The topological polar surface area (TPSA) is 199 Å². The Morgan fingerprint density at radius 2 is 1.98 bits per heavy atom. The summed E-state index contributed by atoms with van der Waals surface area (Å²) in [5.74, 6) is -1.34. The van der Waals surface area contributed by atoms with Crippen molar-refractivity contribution in [2.45, 2.75) is 59.0 Å². The van der Waals surface area contributed by atoms with Crippen molar-refractivity contribution in [1.29, 1.82) is 0 Å². The number of aryl methyl sites for hydroxylation is 1. The van der Waals surface area contributed by atoms with Crippen molar-refractivity contribution < 1.29 is 38.4 Å². The van der Waals surface area contributed by atoms with Crippen LogP contribution in [0.5, 0.6) is 0 Å². The number of nitrogens with zero attached hydrogens (tertiary/aromatic N) is 2. The molecule has 42 heavy (non-hydrogen) atoms. The summed E-state index contributed by atoms with van der Waals surface area (Å²) < 4.78 is 9.88. The molecular formula is C28H36N7O7+. The highest BCUT2D eigenvalue weighted by Gasteiger charge is 2.40. The molecule has 14 heteroatoms. The minimum absolute atomic E-state index is 0.200. The molecule has 1 atom stereocenters. The van der Waals surface area contributed by atoms with E-state index < -0.39 is 30.8 Å². The summed E-state index contributed by atoms with van der Waals surface area (Å²) in [4.78, 5) is 72.7. The van der Waals surface area contributed by atoms with Crippen LogP contribution in [0.4, 0.5) is 10.5 Å². The van der Waals surface area contributed by atoms with Gasteiger partial charge in [0.05, 0.1) is 5.56 Å².